The molecule has 3 aromatic rings. The first kappa shape index (κ1) is 8.10. The Kier molecular flexibility index (Phi) is 1.55. The van der Waals surface area contributed by atoms with Crippen LogP contribution in [-0.4, -0.2) is 30.4 Å². The zero-order chi connectivity index (χ0) is 10.3. The van der Waals surface area contributed by atoms with E-state index in [1.807, 2.05) is 13.0 Å². The maximum Gasteiger partial charge on any atom is 0.178 e. The van der Waals surface area contributed by atoms with Gasteiger partial charge in [-0.25, -0.2) is 9.97 Å². The Morgan fingerprint density at radius 1 is 1.33 bits per heavy atom. The number of imidazole rings is 1. The molecule has 0 amide bonds. The first-order valence-corrected chi connectivity index (χ1v) is 4.52. The summed E-state index contributed by atoms with van der Waals surface area (Å²) >= 11 is 0. The van der Waals surface area contributed by atoms with Crippen molar-refractivity contribution in [2.24, 2.45) is 0 Å². The van der Waals surface area contributed by atoms with Crippen LogP contribution in [0.1, 0.15) is 5.56 Å². The van der Waals surface area contributed by atoms with E-state index in [1.54, 1.807) is 12.4 Å². The van der Waals surface area contributed by atoms with E-state index in [-0.39, 0.29) is 0 Å². The maximum atomic E-state index is 4.33. The molecule has 0 unspecified atom stereocenters. The van der Waals surface area contributed by atoms with Crippen LogP contribution in [0.3, 0.4) is 0 Å². The van der Waals surface area contributed by atoms with Crippen LogP contribution in [0.5, 0.6) is 0 Å². The van der Waals surface area contributed by atoms with E-state index >= 15 is 0 Å². The molecule has 3 rings (SSSR count). The minimum absolute atomic E-state index is 0.681. The molecule has 0 aliphatic carbocycles. The summed E-state index contributed by atoms with van der Waals surface area (Å²) in [5, 5.41) is 10.2. The lowest BCUT2D eigenvalue weighted by Crippen LogP contribution is -1.79. The minimum atomic E-state index is 0.681. The van der Waals surface area contributed by atoms with Gasteiger partial charge in [0.15, 0.2) is 11.5 Å². The molecule has 15 heavy (non-hydrogen) atoms. The zero-order valence-electron chi connectivity index (χ0n) is 8.02. The molecule has 74 valence electrons. The Morgan fingerprint density at radius 2 is 2.27 bits per heavy atom. The number of pyridine rings is 1. The monoisotopic (exact) mass is 200 g/mol. The van der Waals surface area contributed by atoms with Gasteiger partial charge in [-0.2, -0.15) is 15.4 Å². The summed E-state index contributed by atoms with van der Waals surface area (Å²) in [5.74, 6) is 0.681. The molecule has 0 saturated heterocycles. The Bertz CT molecular complexity index is 594. The second-order valence-electron chi connectivity index (χ2n) is 3.27. The third-order valence-corrected chi connectivity index (χ3v) is 2.26. The van der Waals surface area contributed by atoms with Crippen LogP contribution in [-0.2, 0) is 0 Å². The van der Waals surface area contributed by atoms with Crippen molar-refractivity contribution in [1.82, 2.24) is 30.4 Å². The molecule has 0 radical (unpaired) electrons. The quantitative estimate of drug-likeness (QED) is 0.615. The summed E-state index contributed by atoms with van der Waals surface area (Å²) in [4.78, 5) is 11.7. The second kappa shape index (κ2) is 2.88. The molecule has 3 aromatic heterocycles. The predicted molar refractivity (Wildman–Crippen MR) is 54.0 cm³/mol. The van der Waals surface area contributed by atoms with Crippen molar-refractivity contribution in [2.45, 2.75) is 6.92 Å². The average Bonchev–Trinajstić information content (AvgIpc) is 2.86. The van der Waals surface area contributed by atoms with Gasteiger partial charge in [-0.1, -0.05) is 0 Å². The highest BCUT2D eigenvalue weighted by Crippen LogP contribution is 2.18. The van der Waals surface area contributed by atoms with Crippen molar-refractivity contribution in [3.05, 3.63) is 24.0 Å². The van der Waals surface area contributed by atoms with E-state index in [1.165, 1.54) is 0 Å². The lowest BCUT2D eigenvalue weighted by atomic mass is 10.3. The lowest BCUT2D eigenvalue weighted by Gasteiger charge is -1.90. The Hall–Kier alpha value is -2.24. The Balaban J connectivity index is 2.27. The van der Waals surface area contributed by atoms with Crippen LogP contribution in [0.2, 0.25) is 0 Å². The van der Waals surface area contributed by atoms with Gasteiger partial charge >= 0.3 is 0 Å². The molecule has 6 nitrogen and oxygen atoms in total. The van der Waals surface area contributed by atoms with E-state index in [0.717, 1.165) is 11.1 Å². The highest BCUT2D eigenvalue weighted by atomic mass is 15.3. The Labute approximate surface area is 84.8 Å². The van der Waals surface area contributed by atoms with Gasteiger partial charge in [0.2, 0.25) is 0 Å². The van der Waals surface area contributed by atoms with Gasteiger partial charge in [-0.3, -0.25) is 0 Å². The number of fused-ring (bicyclic) bond motifs is 1. The smallest absolute Gasteiger partial charge is 0.178 e. The molecule has 0 saturated carbocycles. The van der Waals surface area contributed by atoms with Crippen molar-refractivity contribution in [2.75, 3.05) is 0 Å². The first-order valence-electron chi connectivity index (χ1n) is 4.52. The average molecular weight is 200 g/mol. The molecule has 0 aliphatic heterocycles. The van der Waals surface area contributed by atoms with E-state index in [4.69, 9.17) is 0 Å². The summed E-state index contributed by atoms with van der Waals surface area (Å²) in [7, 11) is 0. The van der Waals surface area contributed by atoms with Crippen LogP contribution in [0.15, 0.2) is 18.5 Å². The molecule has 0 spiro atoms. The van der Waals surface area contributed by atoms with E-state index in [0.29, 0.717) is 17.2 Å². The maximum absolute atomic E-state index is 4.33. The number of aromatic amines is 2. The number of aromatic nitrogens is 6. The third-order valence-electron chi connectivity index (χ3n) is 2.26. The number of H-pyrrole nitrogens is 2. The van der Waals surface area contributed by atoms with Crippen LogP contribution >= 0.6 is 0 Å². The summed E-state index contributed by atoms with van der Waals surface area (Å²) in [6.45, 7) is 2.01. The number of hydrogen-bond donors (Lipinski definition) is 2. The van der Waals surface area contributed by atoms with Gasteiger partial charge < -0.3 is 4.98 Å². The third kappa shape index (κ3) is 1.18. The van der Waals surface area contributed by atoms with Gasteiger partial charge in [0.1, 0.15) is 5.69 Å². The normalized spacial score (nSPS) is 11.0. The SMILES string of the molecule is Cc1ccnc2nc(-c3cn[nH]n3)[nH]c12. The molecule has 0 aromatic carbocycles. The fourth-order valence-electron chi connectivity index (χ4n) is 1.47. The molecule has 3 heterocycles. The van der Waals surface area contributed by atoms with Gasteiger partial charge in [0.25, 0.3) is 0 Å². The van der Waals surface area contributed by atoms with E-state index in [9.17, 15) is 0 Å². The fraction of sp³-hybridized carbons (Fsp3) is 0.111. The second-order valence-corrected chi connectivity index (χ2v) is 3.27. The largest absolute Gasteiger partial charge is 0.335 e. The number of rotatable bonds is 1. The van der Waals surface area contributed by atoms with Gasteiger partial charge in [0.05, 0.1) is 11.7 Å². The Morgan fingerprint density at radius 3 is 3.00 bits per heavy atom. The van der Waals surface area contributed by atoms with Crippen molar-refractivity contribution in [3.63, 3.8) is 0 Å². The molecule has 0 aliphatic rings. The van der Waals surface area contributed by atoms with Crippen molar-refractivity contribution in [1.29, 1.82) is 0 Å². The van der Waals surface area contributed by atoms with Crippen molar-refractivity contribution < 1.29 is 0 Å². The lowest BCUT2D eigenvalue weighted by molar-refractivity contribution is 0.940. The van der Waals surface area contributed by atoms with Crippen LogP contribution in [0, 0.1) is 6.92 Å². The summed E-state index contributed by atoms with van der Waals surface area (Å²) < 4.78 is 0. The van der Waals surface area contributed by atoms with E-state index in [2.05, 4.69) is 30.4 Å². The van der Waals surface area contributed by atoms with Gasteiger partial charge in [-0.05, 0) is 18.6 Å². The fourth-order valence-corrected chi connectivity index (χ4v) is 1.47. The van der Waals surface area contributed by atoms with Crippen LogP contribution in [0.4, 0.5) is 0 Å². The summed E-state index contributed by atoms with van der Waals surface area (Å²) in [5.41, 5.74) is 3.44. The van der Waals surface area contributed by atoms with Gasteiger partial charge in [0, 0.05) is 6.20 Å². The predicted octanol–water partition coefficient (Wildman–Crippen LogP) is 1.05. The molecular weight excluding hydrogens is 192 g/mol. The highest BCUT2D eigenvalue weighted by Gasteiger charge is 2.09. The summed E-state index contributed by atoms with van der Waals surface area (Å²) in [6, 6.07) is 1.94. The highest BCUT2D eigenvalue weighted by molar-refractivity contribution is 5.77. The number of hydrogen-bond acceptors (Lipinski definition) is 4. The molecule has 6 heteroatoms. The van der Waals surface area contributed by atoms with Crippen LogP contribution < -0.4 is 0 Å². The van der Waals surface area contributed by atoms with Crippen molar-refractivity contribution >= 4 is 11.2 Å². The molecular formula is C9H8N6. The van der Waals surface area contributed by atoms with Crippen molar-refractivity contribution in [3.8, 4) is 11.5 Å². The molecule has 2 N–H and O–H groups in total. The standard InChI is InChI=1S/C9H8N6/c1-5-2-3-10-9-7(5)12-8(13-9)6-4-11-15-14-6/h2-4H,1H3,(H,10,12,13)(H,11,14,15). The van der Waals surface area contributed by atoms with E-state index < -0.39 is 0 Å². The molecule has 0 fully saturated rings. The molecule has 0 atom stereocenters. The zero-order valence-corrected chi connectivity index (χ0v) is 8.02. The molecule has 0 bridgehead atoms. The van der Waals surface area contributed by atoms with Crippen LogP contribution in [0.25, 0.3) is 22.7 Å². The number of nitrogens with zero attached hydrogens (tertiary/aromatic N) is 4. The number of aryl methyl sites for hydroxylation is 1. The van der Waals surface area contributed by atoms with Gasteiger partial charge in [-0.15, -0.1) is 0 Å². The topological polar surface area (TPSA) is 83.1 Å². The number of nitrogens with one attached hydrogen (secondary N) is 2. The first-order chi connectivity index (χ1) is 7.34. The minimum Gasteiger partial charge on any atom is -0.335 e. The summed E-state index contributed by atoms with van der Waals surface area (Å²) in [6.07, 6.45) is 3.36.